The molecule has 8 nitrogen and oxygen atoms in total. The van der Waals surface area contributed by atoms with Crippen molar-refractivity contribution in [3.63, 3.8) is 0 Å². The summed E-state index contributed by atoms with van der Waals surface area (Å²) in [5.74, 6) is -4.38. The fourth-order valence-electron chi connectivity index (χ4n) is 3.25. The molecule has 0 aliphatic rings. The number of pyridine rings is 1. The summed E-state index contributed by atoms with van der Waals surface area (Å²) >= 11 is 0. The van der Waals surface area contributed by atoms with Crippen molar-refractivity contribution in [1.82, 2.24) is 14.8 Å². The molecule has 3 rings (SSSR count). The van der Waals surface area contributed by atoms with Crippen LogP contribution in [-0.4, -0.2) is 38.9 Å². The number of methoxy groups -OCH3 is 1. The number of hydrogen-bond donors (Lipinski definition) is 2. The van der Waals surface area contributed by atoms with Crippen molar-refractivity contribution in [2.75, 3.05) is 12.4 Å². The van der Waals surface area contributed by atoms with Gasteiger partial charge < -0.3 is 15.2 Å². The van der Waals surface area contributed by atoms with E-state index in [4.69, 9.17) is 4.74 Å². The van der Waals surface area contributed by atoms with Crippen molar-refractivity contribution in [3.8, 4) is 5.75 Å². The second-order valence-corrected chi connectivity index (χ2v) is 8.57. The number of aryl methyl sites for hydroxylation is 2. The zero-order chi connectivity index (χ0) is 24.6. The third-order valence-corrected chi connectivity index (χ3v) is 5.53. The Bertz CT molecular complexity index is 1220. The minimum absolute atomic E-state index is 0.153. The maximum Gasteiger partial charge on any atom is 0.309 e. The van der Waals surface area contributed by atoms with E-state index >= 15 is 0 Å². The molecular formula is C23H26F2N4O4. The molecule has 0 saturated heterocycles. The molecule has 1 amide bonds. The predicted octanol–water partition coefficient (Wildman–Crippen LogP) is 4.61. The van der Waals surface area contributed by atoms with Crippen molar-refractivity contribution in [1.29, 1.82) is 0 Å². The number of nitrogens with zero attached hydrogens (tertiary/aromatic N) is 3. The van der Waals surface area contributed by atoms with Gasteiger partial charge in [-0.05, 0) is 45.4 Å². The van der Waals surface area contributed by atoms with E-state index in [9.17, 15) is 23.5 Å². The van der Waals surface area contributed by atoms with E-state index in [1.165, 1.54) is 19.2 Å². The molecule has 10 heteroatoms. The molecule has 2 aromatic heterocycles. The zero-order valence-corrected chi connectivity index (χ0v) is 19.1. The molecule has 0 fully saturated rings. The number of halogens is 2. The number of rotatable bonds is 8. The number of carbonyl (C=O) groups is 2. The summed E-state index contributed by atoms with van der Waals surface area (Å²) in [4.78, 5) is 27.9. The first-order chi connectivity index (χ1) is 15.3. The van der Waals surface area contributed by atoms with Crippen LogP contribution in [-0.2, 0) is 17.3 Å². The highest BCUT2D eigenvalue weighted by Crippen LogP contribution is 2.33. The molecular weight excluding hydrogens is 434 g/mol. The number of anilines is 1. The molecule has 0 aliphatic carbocycles. The Morgan fingerprint density at radius 1 is 1.21 bits per heavy atom. The van der Waals surface area contributed by atoms with Gasteiger partial charge in [0.15, 0.2) is 0 Å². The average molecular weight is 460 g/mol. The van der Waals surface area contributed by atoms with Gasteiger partial charge in [0.05, 0.1) is 23.7 Å². The number of benzene rings is 1. The molecule has 0 bridgehead atoms. The molecule has 0 atom stereocenters. The third kappa shape index (κ3) is 5.10. The van der Waals surface area contributed by atoms with Crippen molar-refractivity contribution in [3.05, 3.63) is 47.4 Å². The second-order valence-electron chi connectivity index (χ2n) is 8.57. The second kappa shape index (κ2) is 8.76. The van der Waals surface area contributed by atoms with Crippen LogP contribution in [0.3, 0.4) is 0 Å². The van der Waals surface area contributed by atoms with Crippen molar-refractivity contribution >= 4 is 28.5 Å². The van der Waals surface area contributed by atoms with Gasteiger partial charge in [0.25, 0.3) is 11.8 Å². The summed E-state index contributed by atoms with van der Waals surface area (Å²) < 4.78 is 34.3. The fourth-order valence-corrected chi connectivity index (χ4v) is 3.25. The van der Waals surface area contributed by atoms with Crippen molar-refractivity contribution in [2.45, 2.75) is 46.6 Å². The van der Waals surface area contributed by atoms with E-state index in [1.807, 2.05) is 6.92 Å². The molecule has 1 aromatic carbocycles. The number of nitrogens with one attached hydrogen (secondary N) is 1. The van der Waals surface area contributed by atoms with E-state index in [2.05, 4.69) is 15.4 Å². The van der Waals surface area contributed by atoms with Crippen molar-refractivity contribution < 1.29 is 28.2 Å². The summed E-state index contributed by atoms with van der Waals surface area (Å²) in [5.41, 5.74) is 0.173. The normalized spacial score (nSPS) is 12.1. The molecule has 0 saturated carbocycles. The van der Waals surface area contributed by atoms with Crippen LogP contribution in [0, 0.1) is 12.3 Å². The number of alkyl halides is 2. The first-order valence-electron chi connectivity index (χ1n) is 10.3. The van der Waals surface area contributed by atoms with Crippen molar-refractivity contribution in [2.24, 2.45) is 5.41 Å². The minimum Gasteiger partial charge on any atom is -0.494 e. The van der Waals surface area contributed by atoms with E-state index < -0.39 is 28.9 Å². The van der Waals surface area contributed by atoms with Gasteiger partial charge in [0.2, 0.25) is 0 Å². The number of aromatic nitrogens is 3. The Morgan fingerprint density at radius 2 is 1.91 bits per heavy atom. The number of carboxylic acid groups (broad SMARTS) is 1. The summed E-state index contributed by atoms with van der Waals surface area (Å²) in [5, 5.41) is 17.3. The van der Waals surface area contributed by atoms with Gasteiger partial charge in [0, 0.05) is 30.6 Å². The van der Waals surface area contributed by atoms with E-state index in [1.54, 1.807) is 30.7 Å². The van der Waals surface area contributed by atoms with E-state index in [-0.39, 0.29) is 5.69 Å². The number of hydrogen-bond acceptors (Lipinski definition) is 5. The van der Waals surface area contributed by atoms with Crippen LogP contribution in [0.1, 0.15) is 49.1 Å². The maximum absolute atomic E-state index is 13.6. The van der Waals surface area contributed by atoms with Gasteiger partial charge in [-0.3, -0.25) is 14.3 Å². The monoisotopic (exact) mass is 460 g/mol. The topological polar surface area (TPSA) is 106 Å². The standard InChI is InChI=1S/C23H26F2N4O4/c1-13-14-11-17(27-20(30)15-7-6-8-19(26-15)23(4,24)25)18(33-5)12-16(14)28-29(13)10-9-22(2,3)21(31)32/h6-8,11-12H,9-10H2,1-5H3,(H,27,30)(H,31,32). The fraction of sp³-hybridized carbons (Fsp3) is 0.391. The summed E-state index contributed by atoms with van der Waals surface area (Å²) in [6, 6.07) is 7.20. The van der Waals surface area contributed by atoms with Crippen LogP contribution in [0.15, 0.2) is 30.3 Å². The summed E-state index contributed by atoms with van der Waals surface area (Å²) in [6.07, 6.45) is 0.377. The summed E-state index contributed by atoms with van der Waals surface area (Å²) in [7, 11) is 1.44. The predicted molar refractivity (Wildman–Crippen MR) is 119 cm³/mol. The van der Waals surface area contributed by atoms with Crippen LogP contribution < -0.4 is 10.1 Å². The lowest BCUT2D eigenvalue weighted by molar-refractivity contribution is -0.147. The number of aliphatic carboxylic acids is 1. The molecule has 3 aromatic rings. The van der Waals surface area contributed by atoms with Gasteiger partial charge in [-0.1, -0.05) is 6.07 Å². The Kier molecular flexibility index (Phi) is 6.40. The van der Waals surface area contributed by atoms with Gasteiger partial charge in [-0.2, -0.15) is 13.9 Å². The summed E-state index contributed by atoms with van der Waals surface area (Å²) in [6.45, 7) is 6.26. The van der Waals surface area contributed by atoms with E-state index in [0.717, 1.165) is 17.1 Å². The molecule has 0 spiro atoms. The molecule has 0 radical (unpaired) electrons. The number of carbonyl (C=O) groups excluding carboxylic acids is 1. The molecule has 33 heavy (non-hydrogen) atoms. The van der Waals surface area contributed by atoms with Crippen LogP contribution in [0.25, 0.3) is 10.9 Å². The average Bonchev–Trinajstić information content (AvgIpc) is 3.06. The van der Waals surface area contributed by atoms with Gasteiger partial charge >= 0.3 is 5.97 Å². The third-order valence-electron chi connectivity index (χ3n) is 5.53. The van der Waals surface area contributed by atoms with Crippen LogP contribution in [0.5, 0.6) is 5.75 Å². The Hall–Kier alpha value is -3.56. The molecule has 176 valence electrons. The molecule has 0 aliphatic heterocycles. The largest absolute Gasteiger partial charge is 0.494 e. The quantitative estimate of drug-likeness (QED) is 0.508. The molecule has 2 N–H and O–H groups in total. The number of fused-ring (bicyclic) bond motifs is 1. The van der Waals surface area contributed by atoms with Crippen LogP contribution in [0.2, 0.25) is 0 Å². The Labute approximate surface area is 189 Å². The van der Waals surface area contributed by atoms with Gasteiger partial charge in [-0.15, -0.1) is 0 Å². The molecule has 0 unspecified atom stereocenters. The highest BCUT2D eigenvalue weighted by molar-refractivity contribution is 6.05. The zero-order valence-electron chi connectivity index (χ0n) is 19.1. The smallest absolute Gasteiger partial charge is 0.309 e. The SMILES string of the molecule is COc1cc2nn(CCC(C)(C)C(=O)O)c(C)c2cc1NC(=O)c1cccc(C(C)(F)F)n1. The number of amides is 1. The first kappa shape index (κ1) is 24.1. The Morgan fingerprint density at radius 3 is 2.52 bits per heavy atom. The molecule has 2 heterocycles. The van der Waals surface area contributed by atoms with E-state index in [0.29, 0.717) is 36.8 Å². The van der Waals surface area contributed by atoms with Gasteiger partial charge in [-0.25, -0.2) is 4.98 Å². The lowest BCUT2D eigenvalue weighted by Gasteiger charge is -2.19. The maximum atomic E-state index is 13.6. The van der Waals surface area contributed by atoms with Crippen LogP contribution >= 0.6 is 0 Å². The Balaban J connectivity index is 1.91. The lowest BCUT2D eigenvalue weighted by Crippen LogP contribution is -2.25. The minimum atomic E-state index is -3.17. The number of ether oxygens (including phenoxy) is 1. The van der Waals surface area contributed by atoms with Gasteiger partial charge in [0.1, 0.15) is 17.1 Å². The highest BCUT2D eigenvalue weighted by atomic mass is 19.3. The highest BCUT2D eigenvalue weighted by Gasteiger charge is 2.28. The van der Waals surface area contributed by atoms with Crippen LogP contribution in [0.4, 0.5) is 14.5 Å². The number of carboxylic acids is 1. The first-order valence-corrected chi connectivity index (χ1v) is 10.3. The lowest BCUT2D eigenvalue weighted by atomic mass is 9.90.